The summed E-state index contributed by atoms with van der Waals surface area (Å²) in [6.07, 6.45) is 6.24. The fraction of sp³-hybridized carbons (Fsp3) is 0.615. The van der Waals surface area contributed by atoms with Crippen LogP contribution in [0.4, 0.5) is 5.82 Å². The van der Waals surface area contributed by atoms with Gasteiger partial charge in [-0.1, -0.05) is 12.8 Å². The van der Waals surface area contributed by atoms with Gasteiger partial charge in [0.05, 0.1) is 0 Å². The molecule has 1 aromatic rings. The zero-order valence-electron chi connectivity index (χ0n) is 11.8. The molecule has 2 rings (SSSR count). The van der Waals surface area contributed by atoms with Crippen LogP contribution in [0.2, 0.25) is 0 Å². The van der Waals surface area contributed by atoms with Crippen molar-refractivity contribution in [2.75, 3.05) is 26.0 Å². The maximum Gasteiger partial charge on any atom is 0.246 e. The minimum absolute atomic E-state index is 0.217. The highest BCUT2D eigenvalue weighted by Crippen LogP contribution is 2.29. The van der Waals surface area contributed by atoms with Gasteiger partial charge in [-0.05, 0) is 40.8 Å². The SMILES string of the molecule is CNc1ncc(Br)cc1S(=O)(=O)N(C)CC1CCCC1. The second-order valence-electron chi connectivity index (χ2n) is 5.19. The fourth-order valence-corrected chi connectivity index (χ4v) is 4.53. The molecular weight excluding hydrogens is 342 g/mol. The van der Waals surface area contributed by atoms with E-state index in [0.29, 0.717) is 22.8 Å². The van der Waals surface area contributed by atoms with Crippen LogP contribution in [-0.4, -0.2) is 38.3 Å². The number of nitrogens with one attached hydrogen (secondary N) is 1. The van der Waals surface area contributed by atoms with Crippen LogP contribution in [0.5, 0.6) is 0 Å². The number of aromatic nitrogens is 1. The monoisotopic (exact) mass is 361 g/mol. The molecule has 0 spiro atoms. The van der Waals surface area contributed by atoms with E-state index >= 15 is 0 Å². The van der Waals surface area contributed by atoms with E-state index in [1.807, 2.05) is 0 Å². The third-order valence-corrected chi connectivity index (χ3v) is 6.00. The van der Waals surface area contributed by atoms with Gasteiger partial charge in [0.1, 0.15) is 10.7 Å². The first-order valence-corrected chi connectivity index (χ1v) is 8.98. The highest BCUT2D eigenvalue weighted by Gasteiger charge is 2.28. The first kappa shape index (κ1) is 15.7. The lowest BCUT2D eigenvalue weighted by Gasteiger charge is -2.21. The summed E-state index contributed by atoms with van der Waals surface area (Å²) in [6, 6.07) is 1.60. The molecule has 1 fully saturated rings. The van der Waals surface area contributed by atoms with E-state index in [-0.39, 0.29) is 4.90 Å². The normalized spacial score (nSPS) is 16.8. The van der Waals surface area contributed by atoms with E-state index in [4.69, 9.17) is 0 Å². The molecule has 1 heterocycles. The van der Waals surface area contributed by atoms with Crippen molar-refractivity contribution in [3.8, 4) is 0 Å². The summed E-state index contributed by atoms with van der Waals surface area (Å²) in [4.78, 5) is 4.33. The molecule has 0 saturated heterocycles. The number of hydrogen-bond acceptors (Lipinski definition) is 4. The molecule has 1 aromatic heterocycles. The van der Waals surface area contributed by atoms with Crippen molar-refractivity contribution in [3.05, 3.63) is 16.7 Å². The lowest BCUT2D eigenvalue weighted by molar-refractivity contribution is 0.387. The van der Waals surface area contributed by atoms with Crippen LogP contribution in [0, 0.1) is 5.92 Å². The van der Waals surface area contributed by atoms with Crippen molar-refractivity contribution in [1.29, 1.82) is 0 Å². The number of hydrogen-bond donors (Lipinski definition) is 1. The first-order chi connectivity index (χ1) is 9.45. The van der Waals surface area contributed by atoms with Crippen molar-refractivity contribution in [2.24, 2.45) is 5.92 Å². The van der Waals surface area contributed by atoms with E-state index < -0.39 is 10.0 Å². The number of pyridine rings is 1. The molecule has 1 aliphatic carbocycles. The minimum atomic E-state index is -3.51. The highest BCUT2D eigenvalue weighted by molar-refractivity contribution is 9.10. The van der Waals surface area contributed by atoms with Crippen LogP contribution >= 0.6 is 15.9 Å². The molecule has 0 atom stereocenters. The predicted octanol–water partition coefficient (Wildman–Crippen LogP) is 2.70. The topological polar surface area (TPSA) is 62.3 Å². The van der Waals surface area contributed by atoms with E-state index in [9.17, 15) is 8.42 Å². The van der Waals surface area contributed by atoms with Gasteiger partial charge in [0.25, 0.3) is 0 Å². The van der Waals surface area contributed by atoms with Crippen molar-refractivity contribution < 1.29 is 8.42 Å². The second-order valence-corrected chi connectivity index (χ2v) is 8.12. The highest BCUT2D eigenvalue weighted by atomic mass is 79.9. The summed E-state index contributed by atoms with van der Waals surface area (Å²) in [5, 5.41) is 2.84. The molecule has 20 heavy (non-hydrogen) atoms. The third-order valence-electron chi connectivity index (χ3n) is 3.73. The Morgan fingerprint density at radius 3 is 2.70 bits per heavy atom. The summed E-state index contributed by atoms with van der Waals surface area (Å²) in [7, 11) is -0.194. The minimum Gasteiger partial charge on any atom is -0.372 e. The summed E-state index contributed by atoms with van der Waals surface area (Å²) < 4.78 is 27.5. The van der Waals surface area contributed by atoms with Gasteiger partial charge < -0.3 is 5.32 Å². The first-order valence-electron chi connectivity index (χ1n) is 6.75. The van der Waals surface area contributed by atoms with Gasteiger partial charge in [-0.25, -0.2) is 17.7 Å². The van der Waals surface area contributed by atoms with Gasteiger partial charge in [-0.15, -0.1) is 0 Å². The summed E-state index contributed by atoms with van der Waals surface area (Å²) >= 11 is 3.28. The fourth-order valence-electron chi connectivity index (χ4n) is 2.63. The second kappa shape index (κ2) is 6.41. The van der Waals surface area contributed by atoms with Gasteiger partial charge in [0, 0.05) is 31.3 Å². The quantitative estimate of drug-likeness (QED) is 0.875. The van der Waals surface area contributed by atoms with Gasteiger partial charge in [0.2, 0.25) is 10.0 Å². The van der Waals surface area contributed by atoms with Crippen LogP contribution in [0.15, 0.2) is 21.6 Å². The standard InChI is InChI=1S/C13H20BrN3O2S/c1-15-13-12(7-11(14)8-16-13)20(18,19)17(2)9-10-5-3-4-6-10/h7-8,10H,3-6,9H2,1-2H3,(H,15,16). The summed E-state index contributed by atoms with van der Waals surface area (Å²) in [5.74, 6) is 0.861. The van der Waals surface area contributed by atoms with Crippen molar-refractivity contribution in [1.82, 2.24) is 9.29 Å². The Morgan fingerprint density at radius 2 is 2.10 bits per heavy atom. The molecule has 1 N–H and O–H groups in total. The van der Waals surface area contributed by atoms with Gasteiger partial charge in [0.15, 0.2) is 0 Å². The maximum atomic E-state index is 12.7. The smallest absolute Gasteiger partial charge is 0.246 e. The molecule has 0 aliphatic heterocycles. The van der Waals surface area contributed by atoms with Crippen LogP contribution < -0.4 is 5.32 Å². The van der Waals surface area contributed by atoms with E-state index in [0.717, 1.165) is 12.8 Å². The molecule has 7 heteroatoms. The largest absolute Gasteiger partial charge is 0.372 e. The van der Waals surface area contributed by atoms with Crippen LogP contribution in [0.25, 0.3) is 0 Å². The van der Waals surface area contributed by atoms with Crippen LogP contribution in [-0.2, 0) is 10.0 Å². The average Bonchev–Trinajstić information content (AvgIpc) is 2.91. The maximum absolute atomic E-state index is 12.7. The zero-order chi connectivity index (χ0) is 14.8. The van der Waals surface area contributed by atoms with E-state index in [1.54, 1.807) is 26.4 Å². The number of anilines is 1. The number of sulfonamides is 1. The van der Waals surface area contributed by atoms with Crippen LogP contribution in [0.3, 0.4) is 0 Å². The van der Waals surface area contributed by atoms with Crippen molar-refractivity contribution in [3.63, 3.8) is 0 Å². The van der Waals surface area contributed by atoms with Crippen LogP contribution in [0.1, 0.15) is 25.7 Å². The van der Waals surface area contributed by atoms with E-state index in [1.165, 1.54) is 17.1 Å². The molecular formula is C13H20BrN3O2S. The van der Waals surface area contributed by atoms with E-state index in [2.05, 4.69) is 26.2 Å². The van der Waals surface area contributed by atoms with Crippen molar-refractivity contribution >= 4 is 31.8 Å². The molecule has 112 valence electrons. The Balaban J connectivity index is 2.26. The number of halogens is 1. The van der Waals surface area contributed by atoms with Gasteiger partial charge in [-0.3, -0.25) is 0 Å². The molecule has 0 aromatic carbocycles. The average molecular weight is 362 g/mol. The Labute approximate surface area is 129 Å². The third kappa shape index (κ3) is 3.32. The summed E-state index contributed by atoms with van der Waals surface area (Å²) in [6.45, 7) is 0.581. The zero-order valence-corrected chi connectivity index (χ0v) is 14.2. The Hall–Kier alpha value is -0.660. The Kier molecular flexibility index (Phi) is 5.04. The molecule has 0 bridgehead atoms. The van der Waals surface area contributed by atoms with Gasteiger partial charge in [-0.2, -0.15) is 0 Å². The lowest BCUT2D eigenvalue weighted by Crippen LogP contribution is -2.31. The Bertz CT molecular complexity index is 571. The molecule has 0 radical (unpaired) electrons. The van der Waals surface area contributed by atoms with Gasteiger partial charge >= 0.3 is 0 Å². The summed E-state index contributed by atoms with van der Waals surface area (Å²) in [5.41, 5.74) is 0. The predicted molar refractivity (Wildman–Crippen MR) is 83.3 cm³/mol. The number of rotatable bonds is 5. The molecule has 1 saturated carbocycles. The number of nitrogens with zero attached hydrogens (tertiary/aromatic N) is 2. The molecule has 0 unspecified atom stereocenters. The Morgan fingerprint density at radius 1 is 1.45 bits per heavy atom. The molecule has 1 aliphatic rings. The lowest BCUT2D eigenvalue weighted by atomic mass is 10.1. The molecule has 5 nitrogen and oxygen atoms in total. The molecule has 0 amide bonds. The van der Waals surface area contributed by atoms with Crippen molar-refractivity contribution in [2.45, 2.75) is 30.6 Å².